The maximum Gasteiger partial charge on any atom is 0.253 e. The first-order valence-electron chi connectivity index (χ1n) is 7.90. The van der Waals surface area contributed by atoms with E-state index >= 15 is 0 Å². The van der Waals surface area contributed by atoms with Gasteiger partial charge >= 0.3 is 0 Å². The van der Waals surface area contributed by atoms with Crippen LogP contribution in [0.15, 0.2) is 48.5 Å². The summed E-state index contributed by atoms with van der Waals surface area (Å²) in [7, 11) is 0. The summed E-state index contributed by atoms with van der Waals surface area (Å²) in [6.45, 7) is 3.46. The van der Waals surface area contributed by atoms with Crippen molar-refractivity contribution >= 4 is 18.3 Å². The molecule has 0 bridgehead atoms. The molecular formula is C19H22ClFN2O. The second-order valence-corrected chi connectivity index (χ2v) is 6.19. The number of hydrogen-bond donors (Lipinski definition) is 1. The van der Waals surface area contributed by atoms with E-state index in [9.17, 15) is 9.18 Å². The number of nitrogens with two attached hydrogens (primary N) is 1. The van der Waals surface area contributed by atoms with Crippen LogP contribution in [0.2, 0.25) is 0 Å². The Morgan fingerprint density at radius 3 is 2.54 bits per heavy atom. The highest BCUT2D eigenvalue weighted by Crippen LogP contribution is 2.32. The van der Waals surface area contributed by atoms with Crippen LogP contribution in [-0.2, 0) is 0 Å². The van der Waals surface area contributed by atoms with Crippen LogP contribution in [0.4, 0.5) is 4.39 Å². The van der Waals surface area contributed by atoms with E-state index in [1.165, 1.54) is 11.6 Å². The van der Waals surface area contributed by atoms with Crippen molar-refractivity contribution in [3.05, 3.63) is 71.0 Å². The lowest BCUT2D eigenvalue weighted by molar-refractivity contribution is 0.0786. The summed E-state index contributed by atoms with van der Waals surface area (Å²) in [6, 6.07) is 14.8. The molecule has 2 aromatic rings. The normalized spacial score (nSPS) is 19.9. The Labute approximate surface area is 148 Å². The van der Waals surface area contributed by atoms with Gasteiger partial charge in [-0.1, -0.05) is 36.4 Å². The first-order chi connectivity index (χ1) is 11.1. The standard InChI is InChI=1S/C19H21FN2O.ClH/c1-13-7-8-15(9-18(13)20)19(23)22-11-16(10-21)17(12-22)14-5-3-2-4-6-14;/h2-9,16-17H,10-12,21H2,1H3;1H/t16-,17+;/m1./s1. The molecule has 1 heterocycles. The molecule has 128 valence electrons. The molecule has 2 aromatic carbocycles. The lowest BCUT2D eigenvalue weighted by Crippen LogP contribution is -2.29. The van der Waals surface area contributed by atoms with Crippen molar-refractivity contribution in [1.29, 1.82) is 0 Å². The predicted molar refractivity (Wildman–Crippen MR) is 96.0 cm³/mol. The minimum Gasteiger partial charge on any atom is -0.338 e. The molecule has 1 amide bonds. The van der Waals surface area contributed by atoms with Gasteiger partial charge in [0.1, 0.15) is 5.82 Å². The first-order valence-corrected chi connectivity index (χ1v) is 7.90. The number of rotatable bonds is 3. The van der Waals surface area contributed by atoms with Crippen molar-refractivity contribution in [3.8, 4) is 0 Å². The number of likely N-dealkylation sites (tertiary alicyclic amines) is 1. The van der Waals surface area contributed by atoms with Crippen LogP contribution in [0.5, 0.6) is 0 Å². The second-order valence-electron chi connectivity index (χ2n) is 6.19. The van der Waals surface area contributed by atoms with Gasteiger partial charge in [-0.05, 0) is 42.6 Å². The van der Waals surface area contributed by atoms with Gasteiger partial charge in [0.15, 0.2) is 0 Å². The van der Waals surface area contributed by atoms with Crippen molar-refractivity contribution in [3.63, 3.8) is 0 Å². The van der Waals surface area contributed by atoms with Crippen LogP contribution in [0.3, 0.4) is 0 Å². The molecular weight excluding hydrogens is 327 g/mol. The van der Waals surface area contributed by atoms with Crippen LogP contribution < -0.4 is 5.73 Å². The molecule has 3 nitrogen and oxygen atoms in total. The van der Waals surface area contributed by atoms with E-state index in [2.05, 4.69) is 12.1 Å². The van der Waals surface area contributed by atoms with Crippen molar-refractivity contribution < 1.29 is 9.18 Å². The fourth-order valence-electron chi connectivity index (χ4n) is 3.26. The van der Waals surface area contributed by atoms with E-state index in [-0.39, 0.29) is 36.0 Å². The smallest absolute Gasteiger partial charge is 0.253 e. The molecule has 0 unspecified atom stereocenters. The van der Waals surface area contributed by atoms with Crippen LogP contribution in [0, 0.1) is 18.7 Å². The molecule has 1 fully saturated rings. The maximum atomic E-state index is 13.7. The number of nitrogens with zero attached hydrogens (tertiary/aromatic N) is 1. The molecule has 0 spiro atoms. The van der Waals surface area contributed by atoms with Crippen molar-refractivity contribution in [2.24, 2.45) is 11.7 Å². The third kappa shape index (κ3) is 3.60. The quantitative estimate of drug-likeness (QED) is 0.924. The minimum atomic E-state index is -0.343. The number of amides is 1. The van der Waals surface area contributed by atoms with Gasteiger partial charge in [-0.15, -0.1) is 12.4 Å². The number of halogens is 2. The van der Waals surface area contributed by atoms with Gasteiger partial charge in [0.25, 0.3) is 5.91 Å². The van der Waals surface area contributed by atoms with Gasteiger partial charge in [-0.3, -0.25) is 4.79 Å². The molecule has 3 rings (SSSR count). The number of carbonyl (C=O) groups excluding carboxylic acids is 1. The molecule has 1 aliphatic heterocycles. The van der Waals surface area contributed by atoms with Gasteiger partial charge in [-0.2, -0.15) is 0 Å². The van der Waals surface area contributed by atoms with Crippen molar-refractivity contribution in [1.82, 2.24) is 4.90 Å². The molecule has 1 saturated heterocycles. The third-order valence-electron chi connectivity index (χ3n) is 4.68. The fraction of sp³-hybridized carbons (Fsp3) is 0.316. The van der Waals surface area contributed by atoms with E-state index in [0.29, 0.717) is 30.8 Å². The van der Waals surface area contributed by atoms with Crippen LogP contribution in [0.25, 0.3) is 0 Å². The van der Waals surface area contributed by atoms with Gasteiger partial charge in [-0.25, -0.2) is 4.39 Å². The molecule has 0 saturated carbocycles. The molecule has 2 atom stereocenters. The summed E-state index contributed by atoms with van der Waals surface area (Å²) in [5, 5.41) is 0. The Kier molecular flexibility index (Phi) is 5.97. The highest BCUT2D eigenvalue weighted by atomic mass is 35.5. The fourth-order valence-corrected chi connectivity index (χ4v) is 3.26. The largest absolute Gasteiger partial charge is 0.338 e. The van der Waals surface area contributed by atoms with Gasteiger partial charge < -0.3 is 10.6 Å². The molecule has 5 heteroatoms. The van der Waals surface area contributed by atoms with E-state index in [4.69, 9.17) is 5.73 Å². The molecule has 24 heavy (non-hydrogen) atoms. The minimum absolute atomic E-state index is 0. The monoisotopic (exact) mass is 348 g/mol. The Morgan fingerprint density at radius 1 is 1.21 bits per heavy atom. The second kappa shape index (κ2) is 7.77. The average Bonchev–Trinajstić information content (AvgIpc) is 3.02. The van der Waals surface area contributed by atoms with E-state index in [0.717, 1.165) is 0 Å². The van der Waals surface area contributed by atoms with Crippen molar-refractivity contribution in [2.75, 3.05) is 19.6 Å². The molecule has 2 N–H and O–H groups in total. The number of aryl methyl sites for hydroxylation is 1. The van der Waals surface area contributed by atoms with Crippen LogP contribution >= 0.6 is 12.4 Å². The van der Waals surface area contributed by atoms with Crippen LogP contribution in [-0.4, -0.2) is 30.4 Å². The number of benzene rings is 2. The topological polar surface area (TPSA) is 46.3 Å². The number of carbonyl (C=O) groups is 1. The zero-order valence-electron chi connectivity index (χ0n) is 13.6. The highest BCUT2D eigenvalue weighted by Gasteiger charge is 2.35. The summed E-state index contributed by atoms with van der Waals surface area (Å²) in [5.74, 6) is 0.00269. The van der Waals surface area contributed by atoms with E-state index in [1.807, 2.05) is 18.2 Å². The summed E-state index contributed by atoms with van der Waals surface area (Å²) in [6.07, 6.45) is 0. The Morgan fingerprint density at radius 2 is 1.92 bits per heavy atom. The summed E-state index contributed by atoms with van der Waals surface area (Å²) in [5.41, 5.74) is 8.06. The van der Waals surface area contributed by atoms with Gasteiger partial charge in [0, 0.05) is 24.6 Å². The Hall–Kier alpha value is -1.91. The van der Waals surface area contributed by atoms with E-state index in [1.54, 1.807) is 24.0 Å². The molecule has 0 aliphatic carbocycles. The number of hydrogen-bond acceptors (Lipinski definition) is 2. The van der Waals surface area contributed by atoms with E-state index < -0.39 is 0 Å². The SMILES string of the molecule is Cc1ccc(C(=O)N2C[C@@H](CN)[C@H](c3ccccc3)C2)cc1F.Cl. The lowest BCUT2D eigenvalue weighted by Gasteiger charge is -2.17. The average molecular weight is 349 g/mol. The predicted octanol–water partition coefficient (Wildman–Crippen LogP) is 3.37. The third-order valence-corrected chi connectivity index (χ3v) is 4.68. The summed E-state index contributed by atoms with van der Waals surface area (Å²) < 4.78 is 13.7. The summed E-state index contributed by atoms with van der Waals surface area (Å²) >= 11 is 0. The van der Waals surface area contributed by atoms with Gasteiger partial charge in [0.2, 0.25) is 0 Å². The zero-order valence-corrected chi connectivity index (χ0v) is 14.4. The zero-order chi connectivity index (χ0) is 16.4. The van der Waals surface area contributed by atoms with Gasteiger partial charge in [0.05, 0.1) is 0 Å². The maximum absolute atomic E-state index is 13.7. The lowest BCUT2D eigenvalue weighted by atomic mass is 9.89. The van der Waals surface area contributed by atoms with Crippen LogP contribution in [0.1, 0.15) is 27.4 Å². The Bertz CT molecular complexity index is 708. The molecule has 0 radical (unpaired) electrons. The molecule has 1 aliphatic rings. The Balaban J connectivity index is 0.00000208. The highest BCUT2D eigenvalue weighted by molar-refractivity contribution is 5.94. The van der Waals surface area contributed by atoms with Crippen molar-refractivity contribution in [2.45, 2.75) is 12.8 Å². The first kappa shape index (κ1) is 18.4. The molecule has 0 aromatic heterocycles. The summed E-state index contributed by atoms with van der Waals surface area (Å²) in [4.78, 5) is 14.5.